The third-order valence-electron chi connectivity index (χ3n) is 6.36. The van der Waals surface area contributed by atoms with Crippen molar-refractivity contribution in [3.63, 3.8) is 0 Å². The van der Waals surface area contributed by atoms with Crippen LogP contribution in [0.15, 0.2) is 42.7 Å². The summed E-state index contributed by atoms with van der Waals surface area (Å²) in [5, 5.41) is 6.91. The van der Waals surface area contributed by atoms with E-state index in [1.807, 2.05) is 41.3 Å². The molecule has 6 rings (SSSR count). The van der Waals surface area contributed by atoms with Crippen LogP contribution in [-0.4, -0.2) is 42.3 Å². The van der Waals surface area contributed by atoms with Gasteiger partial charge in [-0.05, 0) is 68.2 Å². The number of fused-ring (bicyclic) bond motifs is 1. The summed E-state index contributed by atoms with van der Waals surface area (Å²) in [6.07, 6.45) is 8.18. The number of halogens is 1. The van der Waals surface area contributed by atoms with Gasteiger partial charge in [0.1, 0.15) is 0 Å². The van der Waals surface area contributed by atoms with E-state index < -0.39 is 0 Å². The smallest absolute Gasteiger partial charge is 0.199 e. The molecule has 0 spiro atoms. The largest absolute Gasteiger partial charge is 0.297 e. The second-order valence-electron chi connectivity index (χ2n) is 8.64. The van der Waals surface area contributed by atoms with Crippen molar-refractivity contribution in [2.24, 2.45) is 0 Å². The second-order valence-corrected chi connectivity index (χ2v) is 10.5. The Balaban J connectivity index is 1.18. The summed E-state index contributed by atoms with van der Waals surface area (Å²) in [6.45, 7) is 2.77. The number of nitrogens with zero attached hydrogens (tertiary/aromatic N) is 6. The van der Waals surface area contributed by atoms with E-state index >= 15 is 0 Å². The van der Waals surface area contributed by atoms with Gasteiger partial charge >= 0.3 is 0 Å². The zero-order valence-electron chi connectivity index (χ0n) is 17.5. The van der Waals surface area contributed by atoms with E-state index in [2.05, 4.69) is 20.5 Å². The van der Waals surface area contributed by atoms with E-state index in [0.717, 1.165) is 59.3 Å². The predicted molar refractivity (Wildman–Crippen MR) is 131 cm³/mol. The van der Waals surface area contributed by atoms with Crippen LogP contribution >= 0.6 is 35.2 Å². The van der Waals surface area contributed by atoms with Crippen molar-refractivity contribution >= 4 is 45.4 Å². The van der Waals surface area contributed by atoms with Crippen molar-refractivity contribution in [2.75, 3.05) is 13.1 Å². The average Bonchev–Trinajstić information content (AvgIpc) is 3.48. The highest BCUT2D eigenvalue weighted by Crippen LogP contribution is 2.39. The van der Waals surface area contributed by atoms with Crippen LogP contribution in [0.4, 0.5) is 0 Å². The van der Waals surface area contributed by atoms with Gasteiger partial charge in [-0.25, -0.2) is 9.67 Å². The minimum Gasteiger partial charge on any atom is -0.297 e. The lowest BCUT2D eigenvalue weighted by Gasteiger charge is -2.30. The topological polar surface area (TPSA) is 51.8 Å². The van der Waals surface area contributed by atoms with Crippen LogP contribution < -0.4 is 0 Å². The molecule has 2 aliphatic rings. The third-order valence-corrected chi connectivity index (χ3v) is 8.20. The first-order valence-electron chi connectivity index (χ1n) is 11.0. The SMILES string of the molecule is S=c1n(CN2CCC(c3nc4cc(Cl)ccc4s3)CC2)nc(-c2ccncc2)n1C1CC1. The van der Waals surface area contributed by atoms with Gasteiger partial charge in [0.2, 0.25) is 0 Å². The fourth-order valence-electron chi connectivity index (χ4n) is 4.48. The second kappa shape index (κ2) is 8.33. The molecule has 0 radical (unpaired) electrons. The number of benzene rings is 1. The molecule has 1 aliphatic heterocycles. The summed E-state index contributed by atoms with van der Waals surface area (Å²) < 4.78 is 6.28. The van der Waals surface area contributed by atoms with E-state index in [-0.39, 0.29) is 0 Å². The molecule has 1 saturated carbocycles. The van der Waals surface area contributed by atoms with E-state index in [4.69, 9.17) is 33.9 Å². The molecule has 1 saturated heterocycles. The maximum absolute atomic E-state index is 6.13. The van der Waals surface area contributed by atoms with Crippen molar-refractivity contribution in [1.82, 2.24) is 29.2 Å². The van der Waals surface area contributed by atoms with Gasteiger partial charge in [-0.1, -0.05) is 11.6 Å². The first-order valence-corrected chi connectivity index (χ1v) is 12.6. The normalized spacial score (nSPS) is 17.9. The minimum atomic E-state index is 0.484. The van der Waals surface area contributed by atoms with Crippen LogP contribution in [0, 0.1) is 4.77 Å². The van der Waals surface area contributed by atoms with Gasteiger partial charge in [0, 0.05) is 48.0 Å². The van der Waals surface area contributed by atoms with E-state index in [1.165, 1.54) is 22.5 Å². The Kier molecular flexibility index (Phi) is 5.33. The van der Waals surface area contributed by atoms with E-state index in [0.29, 0.717) is 12.0 Å². The molecular weight excluding hydrogens is 460 g/mol. The van der Waals surface area contributed by atoms with Crippen LogP contribution in [0.25, 0.3) is 21.6 Å². The molecule has 4 aromatic rings. The summed E-state index contributed by atoms with van der Waals surface area (Å²) in [5.41, 5.74) is 2.09. The van der Waals surface area contributed by atoms with Crippen LogP contribution in [0.1, 0.15) is 42.7 Å². The summed E-state index contributed by atoms with van der Waals surface area (Å²) in [6, 6.07) is 10.5. The van der Waals surface area contributed by atoms with Gasteiger partial charge in [0.25, 0.3) is 0 Å². The number of piperidine rings is 1. The van der Waals surface area contributed by atoms with Gasteiger partial charge in [-0.2, -0.15) is 5.10 Å². The van der Waals surface area contributed by atoms with Crippen LogP contribution in [0.3, 0.4) is 0 Å². The Morgan fingerprint density at radius 1 is 1.06 bits per heavy atom. The Morgan fingerprint density at radius 2 is 1.84 bits per heavy atom. The Labute approximate surface area is 200 Å². The lowest BCUT2D eigenvalue weighted by Crippen LogP contribution is -2.34. The molecule has 0 amide bonds. The maximum atomic E-state index is 6.13. The Morgan fingerprint density at radius 3 is 2.59 bits per heavy atom. The Bertz CT molecular complexity index is 1320. The van der Waals surface area contributed by atoms with Crippen LogP contribution in [-0.2, 0) is 6.67 Å². The van der Waals surface area contributed by atoms with Gasteiger partial charge in [0.05, 0.1) is 21.9 Å². The molecule has 0 bridgehead atoms. The lowest BCUT2D eigenvalue weighted by atomic mass is 9.98. The number of hydrogen-bond donors (Lipinski definition) is 0. The zero-order valence-corrected chi connectivity index (χ0v) is 19.9. The molecule has 2 fully saturated rings. The zero-order chi connectivity index (χ0) is 21.7. The molecular formula is C23H23ClN6S2. The number of thiazole rings is 1. The van der Waals surface area contributed by atoms with E-state index in [9.17, 15) is 0 Å². The minimum absolute atomic E-state index is 0.484. The highest BCUT2D eigenvalue weighted by atomic mass is 35.5. The molecule has 0 atom stereocenters. The number of hydrogen-bond acceptors (Lipinski definition) is 6. The highest BCUT2D eigenvalue weighted by Gasteiger charge is 2.30. The summed E-state index contributed by atoms with van der Waals surface area (Å²) in [7, 11) is 0. The van der Waals surface area contributed by atoms with Gasteiger partial charge in [-0.3, -0.25) is 14.5 Å². The molecule has 4 heterocycles. The number of rotatable bonds is 5. The van der Waals surface area contributed by atoms with Crippen molar-refractivity contribution in [2.45, 2.75) is 44.3 Å². The van der Waals surface area contributed by atoms with Crippen molar-refractivity contribution in [3.05, 3.63) is 57.5 Å². The average molecular weight is 483 g/mol. The van der Waals surface area contributed by atoms with Gasteiger partial charge < -0.3 is 0 Å². The van der Waals surface area contributed by atoms with Crippen LogP contribution in [0.2, 0.25) is 5.02 Å². The Hall–Kier alpha value is -2.13. The molecule has 9 heteroatoms. The molecule has 1 aliphatic carbocycles. The molecule has 164 valence electrons. The standard InChI is InChI=1S/C23H23ClN6S2/c24-17-1-4-20-19(13-17)26-22(32-20)16-7-11-28(12-8-16)14-29-23(31)30(18-2-3-18)21(27-29)15-5-9-25-10-6-15/h1,4-6,9-10,13,16,18H,2-3,7-8,11-12,14H2. The summed E-state index contributed by atoms with van der Waals surface area (Å²) >= 11 is 13.8. The quantitative estimate of drug-likeness (QED) is 0.331. The molecule has 6 nitrogen and oxygen atoms in total. The van der Waals surface area contributed by atoms with Crippen molar-refractivity contribution in [1.29, 1.82) is 0 Å². The fourth-order valence-corrected chi connectivity index (χ4v) is 6.09. The number of pyridine rings is 1. The highest BCUT2D eigenvalue weighted by molar-refractivity contribution is 7.71. The predicted octanol–water partition coefficient (Wildman–Crippen LogP) is 5.91. The molecule has 3 aromatic heterocycles. The molecule has 0 N–H and O–H groups in total. The lowest BCUT2D eigenvalue weighted by molar-refractivity contribution is 0.160. The monoisotopic (exact) mass is 482 g/mol. The van der Waals surface area contributed by atoms with Crippen LogP contribution in [0.5, 0.6) is 0 Å². The van der Waals surface area contributed by atoms with Crippen molar-refractivity contribution < 1.29 is 0 Å². The molecule has 0 unspecified atom stereocenters. The first kappa shape index (κ1) is 20.5. The molecule has 1 aromatic carbocycles. The number of likely N-dealkylation sites (tertiary alicyclic amines) is 1. The maximum Gasteiger partial charge on any atom is 0.199 e. The van der Waals surface area contributed by atoms with E-state index in [1.54, 1.807) is 11.3 Å². The summed E-state index contributed by atoms with van der Waals surface area (Å²) in [4.78, 5) is 11.5. The van der Waals surface area contributed by atoms with Crippen molar-refractivity contribution in [3.8, 4) is 11.4 Å². The summed E-state index contributed by atoms with van der Waals surface area (Å²) in [5.74, 6) is 1.47. The number of aromatic nitrogens is 5. The fraction of sp³-hybridized carbons (Fsp3) is 0.391. The molecule has 32 heavy (non-hydrogen) atoms. The first-order chi connectivity index (χ1) is 15.7. The van der Waals surface area contributed by atoms with Gasteiger partial charge in [-0.15, -0.1) is 11.3 Å². The van der Waals surface area contributed by atoms with Gasteiger partial charge in [0.15, 0.2) is 10.6 Å². The third kappa shape index (κ3) is 3.90.